The molecular weight excluding hydrogens is 350 g/mol. The topological polar surface area (TPSA) is 82.2 Å². The fourth-order valence-corrected chi connectivity index (χ4v) is 5.88. The van der Waals surface area contributed by atoms with Gasteiger partial charge in [0.15, 0.2) is 0 Å². The van der Waals surface area contributed by atoms with E-state index in [1.807, 2.05) is 13.8 Å². The van der Waals surface area contributed by atoms with Crippen LogP contribution in [0.2, 0.25) is 0 Å². The van der Waals surface area contributed by atoms with Gasteiger partial charge in [0.2, 0.25) is 10.0 Å². The first-order valence-electron chi connectivity index (χ1n) is 9.00. The van der Waals surface area contributed by atoms with Gasteiger partial charge in [-0.1, -0.05) is 0 Å². The number of hydrogen-bond acceptors (Lipinski definition) is 5. The summed E-state index contributed by atoms with van der Waals surface area (Å²) in [6, 6.07) is 4.19. The molecule has 7 nitrogen and oxygen atoms in total. The number of sulfonamides is 1. The van der Waals surface area contributed by atoms with Gasteiger partial charge in [0.05, 0.1) is 23.8 Å². The molecule has 0 atom stereocenters. The molecule has 0 aliphatic carbocycles. The first-order valence-corrected chi connectivity index (χ1v) is 10.9. The second kappa shape index (κ2) is 6.06. The first-order chi connectivity index (χ1) is 12.3. The lowest BCUT2D eigenvalue weighted by molar-refractivity contribution is 0.129. The molecule has 0 amide bonds. The molecule has 1 spiro atoms. The van der Waals surface area contributed by atoms with Crippen LogP contribution in [0.15, 0.2) is 18.5 Å². The minimum Gasteiger partial charge on any atom is -0.371 e. The van der Waals surface area contributed by atoms with Gasteiger partial charge in [-0.25, -0.2) is 13.4 Å². The summed E-state index contributed by atoms with van der Waals surface area (Å²) in [4.78, 5) is 14.5. The lowest BCUT2D eigenvalue weighted by Crippen LogP contribution is -2.58. The van der Waals surface area contributed by atoms with Crippen molar-refractivity contribution in [1.82, 2.24) is 19.3 Å². The van der Waals surface area contributed by atoms with Crippen molar-refractivity contribution in [2.45, 2.75) is 38.6 Å². The fourth-order valence-electron chi connectivity index (χ4n) is 4.56. The Morgan fingerprint density at radius 1 is 1.12 bits per heavy atom. The Morgan fingerprint density at radius 2 is 1.77 bits per heavy atom. The molecule has 0 unspecified atom stereocenters. The van der Waals surface area contributed by atoms with E-state index in [1.54, 1.807) is 10.6 Å². The molecule has 1 N–H and O–H groups in total. The van der Waals surface area contributed by atoms with Gasteiger partial charge in [0.1, 0.15) is 0 Å². The highest BCUT2D eigenvalue weighted by Crippen LogP contribution is 2.44. The smallest absolute Gasteiger partial charge is 0.212 e. The number of rotatable bonds is 2. The maximum Gasteiger partial charge on any atom is 0.212 e. The van der Waals surface area contributed by atoms with Gasteiger partial charge >= 0.3 is 0 Å². The van der Waals surface area contributed by atoms with Crippen LogP contribution in [-0.2, 0) is 22.0 Å². The van der Waals surface area contributed by atoms with Crippen LogP contribution in [0.1, 0.15) is 35.6 Å². The largest absolute Gasteiger partial charge is 0.371 e. The molecule has 4 heterocycles. The highest BCUT2D eigenvalue weighted by molar-refractivity contribution is 7.88. The van der Waals surface area contributed by atoms with E-state index in [1.165, 1.54) is 6.26 Å². The molecule has 2 aromatic heterocycles. The predicted molar refractivity (Wildman–Crippen MR) is 101 cm³/mol. The van der Waals surface area contributed by atoms with Crippen molar-refractivity contribution in [3.05, 3.63) is 41.2 Å². The maximum absolute atomic E-state index is 12.5. The molecule has 1 saturated heterocycles. The van der Waals surface area contributed by atoms with E-state index in [0.29, 0.717) is 13.0 Å². The lowest BCUT2D eigenvalue weighted by atomic mass is 9.80. The molecule has 2 aliphatic rings. The summed E-state index contributed by atoms with van der Waals surface area (Å²) >= 11 is 0. The van der Waals surface area contributed by atoms with Crippen molar-refractivity contribution in [2.24, 2.45) is 0 Å². The van der Waals surface area contributed by atoms with Crippen LogP contribution in [0.25, 0.3) is 0 Å². The molecule has 140 valence electrons. The van der Waals surface area contributed by atoms with Gasteiger partial charge in [-0.2, -0.15) is 4.31 Å². The highest BCUT2D eigenvalue weighted by Gasteiger charge is 2.50. The van der Waals surface area contributed by atoms with Crippen molar-refractivity contribution < 1.29 is 8.42 Å². The Morgan fingerprint density at radius 3 is 2.38 bits per heavy atom. The number of aryl methyl sites for hydroxylation is 2. The minimum atomic E-state index is -3.30. The molecule has 0 aromatic carbocycles. The molecule has 2 aliphatic heterocycles. The average molecular weight is 375 g/mol. The first kappa shape index (κ1) is 17.5. The van der Waals surface area contributed by atoms with Gasteiger partial charge in [0.25, 0.3) is 0 Å². The predicted octanol–water partition coefficient (Wildman–Crippen LogP) is 1.73. The van der Waals surface area contributed by atoms with Crippen molar-refractivity contribution >= 4 is 15.7 Å². The summed E-state index contributed by atoms with van der Waals surface area (Å²) in [5.74, 6) is 0. The van der Waals surface area contributed by atoms with Crippen molar-refractivity contribution in [3.63, 3.8) is 0 Å². The Hall–Kier alpha value is -1.93. The Balaban J connectivity index is 1.67. The van der Waals surface area contributed by atoms with Crippen LogP contribution in [0.5, 0.6) is 0 Å². The summed E-state index contributed by atoms with van der Waals surface area (Å²) in [6.07, 6.45) is 5.17. The number of nitrogens with zero attached hydrogens (tertiary/aromatic N) is 4. The number of pyridine rings is 1. The van der Waals surface area contributed by atoms with Gasteiger partial charge in [-0.3, -0.25) is 4.98 Å². The van der Waals surface area contributed by atoms with E-state index in [4.69, 9.17) is 0 Å². The quantitative estimate of drug-likeness (QED) is 0.864. The summed E-state index contributed by atoms with van der Waals surface area (Å²) in [7, 11) is -3.30. The lowest BCUT2D eigenvalue weighted by Gasteiger charge is -2.49. The third-order valence-corrected chi connectivity index (χ3v) is 6.96. The molecule has 26 heavy (non-hydrogen) atoms. The molecule has 2 aromatic rings. The summed E-state index contributed by atoms with van der Waals surface area (Å²) < 4.78 is 26.7. The van der Waals surface area contributed by atoms with Gasteiger partial charge in [0, 0.05) is 48.8 Å². The van der Waals surface area contributed by atoms with E-state index in [0.717, 1.165) is 54.4 Å². The Labute approximate surface area is 154 Å². The number of aromatic amines is 1. The van der Waals surface area contributed by atoms with Crippen LogP contribution < -0.4 is 4.90 Å². The van der Waals surface area contributed by atoms with E-state index >= 15 is 0 Å². The van der Waals surface area contributed by atoms with E-state index in [2.05, 4.69) is 32.0 Å². The fraction of sp³-hybridized carbons (Fsp3) is 0.556. The second-order valence-electron chi connectivity index (χ2n) is 7.44. The summed E-state index contributed by atoms with van der Waals surface area (Å²) in [5.41, 5.74) is 4.63. The van der Waals surface area contributed by atoms with E-state index in [9.17, 15) is 8.42 Å². The van der Waals surface area contributed by atoms with Gasteiger partial charge in [-0.15, -0.1) is 0 Å². The second-order valence-corrected chi connectivity index (χ2v) is 9.35. The zero-order valence-corrected chi connectivity index (χ0v) is 16.3. The number of aromatic nitrogens is 3. The van der Waals surface area contributed by atoms with Crippen LogP contribution in [0.4, 0.5) is 5.69 Å². The molecule has 0 saturated carbocycles. The number of hydrogen-bond donors (Lipinski definition) is 1. The van der Waals surface area contributed by atoms with Crippen LogP contribution in [0.3, 0.4) is 0 Å². The zero-order chi connectivity index (χ0) is 18.5. The number of nitrogens with one attached hydrogen (secondary N) is 1. The molecule has 4 rings (SSSR count). The van der Waals surface area contributed by atoms with Gasteiger partial charge in [-0.05, 0) is 38.8 Å². The van der Waals surface area contributed by atoms with Crippen LogP contribution >= 0.6 is 0 Å². The summed E-state index contributed by atoms with van der Waals surface area (Å²) in [5, 5.41) is 0. The van der Waals surface area contributed by atoms with E-state index < -0.39 is 15.6 Å². The minimum absolute atomic E-state index is 0.515. The third kappa shape index (κ3) is 2.81. The maximum atomic E-state index is 12.5. The molecular formula is C18H25N5O2S. The van der Waals surface area contributed by atoms with Crippen molar-refractivity contribution in [1.29, 1.82) is 0 Å². The summed E-state index contributed by atoms with van der Waals surface area (Å²) in [6.45, 7) is 6.11. The molecule has 8 heteroatoms. The number of imidazole rings is 1. The van der Waals surface area contributed by atoms with Gasteiger partial charge < -0.3 is 9.88 Å². The van der Waals surface area contributed by atoms with Crippen molar-refractivity contribution in [2.75, 3.05) is 30.8 Å². The highest BCUT2D eigenvalue weighted by atomic mass is 32.2. The SMILES string of the molecule is Cc1cc(N2CCC3(CC2)c2nc[nH]c2CCN3S(C)(=O)=O)cc(C)n1. The Kier molecular flexibility index (Phi) is 4.07. The molecule has 1 fully saturated rings. The molecule has 0 radical (unpaired) electrons. The standard InChI is InChI=1S/C18H25N5O2S/c1-13-10-15(11-14(2)21-13)22-8-5-18(6-9-22)17-16(19-12-20-17)4-7-23(18)26(3,24)25/h10-12H,4-9H2,1-3H3,(H,19,20). The van der Waals surface area contributed by atoms with Crippen LogP contribution in [-0.4, -0.2) is 53.6 Å². The number of piperidine rings is 1. The third-order valence-electron chi connectivity index (χ3n) is 5.62. The van der Waals surface area contributed by atoms with E-state index in [-0.39, 0.29) is 0 Å². The van der Waals surface area contributed by atoms with Crippen LogP contribution in [0, 0.1) is 13.8 Å². The number of H-pyrrole nitrogens is 1. The zero-order valence-electron chi connectivity index (χ0n) is 15.5. The number of anilines is 1. The number of fused-ring (bicyclic) bond motifs is 2. The normalized spacial score (nSPS) is 20.3. The molecule has 0 bridgehead atoms. The monoisotopic (exact) mass is 375 g/mol. The van der Waals surface area contributed by atoms with Crippen molar-refractivity contribution in [3.8, 4) is 0 Å². The Bertz CT molecular complexity index is 909. The average Bonchev–Trinajstić information content (AvgIpc) is 3.03.